The Morgan fingerprint density at radius 3 is 2.68 bits per heavy atom. The maximum absolute atomic E-state index is 12.6. The maximum Gasteiger partial charge on any atom is 0.416 e. The molecule has 1 atom stereocenters. The smallest absolute Gasteiger partial charge is 0.312 e. The fourth-order valence-corrected chi connectivity index (χ4v) is 2.45. The quantitative estimate of drug-likeness (QED) is 0.890. The third-order valence-corrected chi connectivity index (χ3v) is 3.52. The third kappa shape index (κ3) is 3.70. The molecule has 0 amide bonds. The van der Waals surface area contributed by atoms with E-state index in [2.05, 4.69) is 17.1 Å². The average Bonchev–Trinajstić information content (AvgIpc) is 2.30. The van der Waals surface area contributed by atoms with Crippen LogP contribution < -0.4 is 5.32 Å². The molecule has 0 radical (unpaired) electrons. The summed E-state index contributed by atoms with van der Waals surface area (Å²) in [4.78, 5) is 2.27. The highest BCUT2D eigenvalue weighted by Crippen LogP contribution is 2.30. The number of hydrogen-bond donors (Lipinski definition) is 1. The molecule has 1 heterocycles. The van der Waals surface area contributed by atoms with Crippen LogP contribution in [0.25, 0.3) is 0 Å². The topological polar surface area (TPSA) is 15.3 Å². The Morgan fingerprint density at radius 1 is 1.37 bits per heavy atom. The predicted molar refractivity (Wildman–Crippen MR) is 68.9 cm³/mol. The van der Waals surface area contributed by atoms with Crippen molar-refractivity contribution in [1.29, 1.82) is 0 Å². The van der Waals surface area contributed by atoms with Gasteiger partial charge in [-0.15, -0.1) is 0 Å². The number of alkyl halides is 3. The molecule has 0 unspecified atom stereocenters. The lowest BCUT2D eigenvalue weighted by Crippen LogP contribution is -2.48. The molecule has 0 saturated carbocycles. The molecule has 0 aromatic heterocycles. The van der Waals surface area contributed by atoms with E-state index in [0.717, 1.165) is 31.7 Å². The van der Waals surface area contributed by atoms with E-state index in [0.29, 0.717) is 11.6 Å². The minimum Gasteiger partial charge on any atom is -0.312 e. The van der Waals surface area contributed by atoms with Gasteiger partial charge in [-0.25, -0.2) is 0 Å². The number of piperazine rings is 1. The van der Waals surface area contributed by atoms with E-state index < -0.39 is 11.7 Å². The van der Waals surface area contributed by atoms with Gasteiger partial charge in [0.1, 0.15) is 0 Å². The molecule has 1 aliphatic heterocycles. The zero-order chi connectivity index (χ0) is 14.0. The van der Waals surface area contributed by atoms with Crippen molar-refractivity contribution in [3.05, 3.63) is 34.9 Å². The highest BCUT2D eigenvalue weighted by Gasteiger charge is 2.30. The van der Waals surface area contributed by atoms with Crippen LogP contribution in [0.1, 0.15) is 23.6 Å². The van der Waals surface area contributed by atoms with Gasteiger partial charge in [-0.3, -0.25) is 4.90 Å². The lowest BCUT2D eigenvalue weighted by Gasteiger charge is -2.32. The van der Waals surface area contributed by atoms with Crippen LogP contribution in [0, 0.1) is 6.92 Å². The second-order valence-corrected chi connectivity index (χ2v) is 5.23. The number of nitrogens with one attached hydrogen (secondary N) is 1. The molecule has 1 saturated heterocycles. The molecule has 2 rings (SSSR count). The molecular weight excluding hydrogens is 253 g/mol. The minimum absolute atomic E-state index is 0.434. The lowest BCUT2D eigenvalue weighted by molar-refractivity contribution is -0.137. The van der Waals surface area contributed by atoms with Crippen molar-refractivity contribution in [3.8, 4) is 0 Å². The Bertz CT molecular complexity index is 443. The minimum atomic E-state index is -4.26. The second kappa shape index (κ2) is 5.51. The van der Waals surface area contributed by atoms with Gasteiger partial charge in [0.05, 0.1) is 5.56 Å². The fourth-order valence-electron chi connectivity index (χ4n) is 2.45. The third-order valence-electron chi connectivity index (χ3n) is 3.52. The summed E-state index contributed by atoms with van der Waals surface area (Å²) in [6, 6.07) is 4.45. The Hall–Kier alpha value is -1.07. The molecule has 1 aliphatic rings. The monoisotopic (exact) mass is 272 g/mol. The van der Waals surface area contributed by atoms with Gasteiger partial charge in [-0.05, 0) is 37.1 Å². The van der Waals surface area contributed by atoms with Crippen LogP contribution in [0.3, 0.4) is 0 Å². The Labute approximate surface area is 111 Å². The van der Waals surface area contributed by atoms with Crippen molar-refractivity contribution < 1.29 is 13.2 Å². The van der Waals surface area contributed by atoms with Crippen LogP contribution in [0.2, 0.25) is 0 Å². The summed E-state index contributed by atoms with van der Waals surface area (Å²) in [5, 5.41) is 3.35. The average molecular weight is 272 g/mol. The highest BCUT2D eigenvalue weighted by molar-refractivity contribution is 5.32. The van der Waals surface area contributed by atoms with Crippen LogP contribution in [0.4, 0.5) is 13.2 Å². The summed E-state index contributed by atoms with van der Waals surface area (Å²) in [6.45, 7) is 7.38. The van der Waals surface area contributed by atoms with Crippen LogP contribution >= 0.6 is 0 Å². The largest absolute Gasteiger partial charge is 0.416 e. The summed E-state index contributed by atoms with van der Waals surface area (Å²) in [5.41, 5.74) is 1.12. The molecule has 5 heteroatoms. The van der Waals surface area contributed by atoms with Crippen LogP contribution in [0.5, 0.6) is 0 Å². The van der Waals surface area contributed by atoms with Crippen molar-refractivity contribution in [1.82, 2.24) is 10.2 Å². The predicted octanol–water partition coefficient (Wildman–Crippen LogP) is 2.81. The Kier molecular flexibility index (Phi) is 4.16. The Balaban J connectivity index is 2.09. The normalized spacial score (nSPS) is 21.6. The molecule has 1 aromatic rings. The fraction of sp³-hybridized carbons (Fsp3) is 0.571. The van der Waals surface area contributed by atoms with Gasteiger partial charge in [-0.2, -0.15) is 13.2 Å². The SMILES string of the molecule is Cc1cc(C(F)(F)F)ccc1CN1CCN[C@H](C)C1. The van der Waals surface area contributed by atoms with E-state index in [-0.39, 0.29) is 0 Å². The zero-order valence-corrected chi connectivity index (χ0v) is 11.2. The number of nitrogens with zero attached hydrogens (tertiary/aromatic N) is 1. The molecular formula is C14H19F3N2. The van der Waals surface area contributed by atoms with Gasteiger partial charge in [0.2, 0.25) is 0 Å². The van der Waals surface area contributed by atoms with Crippen molar-refractivity contribution in [2.75, 3.05) is 19.6 Å². The molecule has 106 valence electrons. The summed E-state index contributed by atoms with van der Waals surface area (Å²) in [6.07, 6.45) is -4.26. The van der Waals surface area contributed by atoms with Crippen LogP contribution in [-0.4, -0.2) is 30.6 Å². The van der Waals surface area contributed by atoms with Crippen LogP contribution in [0.15, 0.2) is 18.2 Å². The molecule has 1 N–H and O–H groups in total. The molecule has 0 bridgehead atoms. The summed E-state index contributed by atoms with van der Waals surface area (Å²) in [7, 11) is 0. The van der Waals surface area contributed by atoms with Gasteiger partial charge < -0.3 is 5.32 Å². The van der Waals surface area contributed by atoms with Gasteiger partial charge >= 0.3 is 6.18 Å². The number of rotatable bonds is 2. The molecule has 0 aliphatic carbocycles. The summed E-state index contributed by atoms with van der Waals surface area (Å²) >= 11 is 0. The van der Waals surface area contributed by atoms with Gasteiger partial charge in [0.25, 0.3) is 0 Å². The first-order valence-corrected chi connectivity index (χ1v) is 6.49. The van der Waals surface area contributed by atoms with Crippen molar-refractivity contribution in [3.63, 3.8) is 0 Å². The van der Waals surface area contributed by atoms with Crippen molar-refractivity contribution in [2.24, 2.45) is 0 Å². The van der Waals surface area contributed by atoms with E-state index >= 15 is 0 Å². The van der Waals surface area contributed by atoms with Gasteiger partial charge in [0.15, 0.2) is 0 Å². The number of hydrogen-bond acceptors (Lipinski definition) is 2. The number of halogens is 3. The van der Waals surface area contributed by atoms with E-state index in [1.165, 1.54) is 12.1 Å². The first-order valence-electron chi connectivity index (χ1n) is 6.49. The molecule has 1 aromatic carbocycles. The first kappa shape index (κ1) is 14.3. The summed E-state index contributed by atoms with van der Waals surface area (Å²) < 4.78 is 37.8. The zero-order valence-electron chi connectivity index (χ0n) is 11.2. The van der Waals surface area contributed by atoms with Crippen molar-refractivity contribution >= 4 is 0 Å². The van der Waals surface area contributed by atoms with Gasteiger partial charge in [-0.1, -0.05) is 6.07 Å². The summed E-state index contributed by atoms with van der Waals surface area (Å²) in [5.74, 6) is 0. The number of aryl methyl sites for hydroxylation is 1. The first-order chi connectivity index (χ1) is 8.86. The van der Waals surface area contributed by atoms with Gasteiger partial charge in [0, 0.05) is 32.2 Å². The molecule has 1 fully saturated rings. The highest BCUT2D eigenvalue weighted by atomic mass is 19.4. The standard InChI is InChI=1S/C14H19F3N2/c1-10-7-13(14(15,16)17)4-3-12(10)9-19-6-5-18-11(2)8-19/h3-4,7,11,18H,5-6,8-9H2,1-2H3/t11-/m1/s1. The lowest BCUT2D eigenvalue weighted by atomic mass is 10.0. The van der Waals surface area contributed by atoms with E-state index in [1.807, 2.05) is 0 Å². The van der Waals surface area contributed by atoms with E-state index in [9.17, 15) is 13.2 Å². The Morgan fingerprint density at radius 2 is 2.11 bits per heavy atom. The van der Waals surface area contributed by atoms with Crippen LogP contribution in [-0.2, 0) is 12.7 Å². The number of benzene rings is 1. The molecule has 2 nitrogen and oxygen atoms in total. The second-order valence-electron chi connectivity index (χ2n) is 5.23. The molecule has 0 spiro atoms. The molecule has 19 heavy (non-hydrogen) atoms. The van der Waals surface area contributed by atoms with E-state index in [1.54, 1.807) is 13.0 Å². The maximum atomic E-state index is 12.6. The van der Waals surface area contributed by atoms with Crippen molar-refractivity contribution in [2.45, 2.75) is 32.6 Å². The van der Waals surface area contributed by atoms with E-state index in [4.69, 9.17) is 0 Å².